The smallest absolute Gasteiger partial charge is 0.138 e. The lowest BCUT2D eigenvalue weighted by Gasteiger charge is -2.46. The molecule has 0 unspecified atom stereocenters. The molecule has 0 radical (unpaired) electrons. The number of dihydropyridines is 1. The highest BCUT2D eigenvalue weighted by molar-refractivity contribution is 6.05. The molecule has 3 atom stereocenters. The molecule has 0 spiro atoms. The van der Waals surface area contributed by atoms with Crippen LogP contribution >= 0.6 is 0 Å². The van der Waals surface area contributed by atoms with Crippen LogP contribution in [-0.2, 0) is 6.54 Å². The predicted octanol–water partition coefficient (Wildman–Crippen LogP) is 3.62. The Labute approximate surface area is 191 Å². The van der Waals surface area contributed by atoms with Crippen LogP contribution < -0.4 is 4.90 Å². The Morgan fingerprint density at radius 3 is 2.94 bits per heavy atom. The summed E-state index contributed by atoms with van der Waals surface area (Å²) >= 11 is 0. The van der Waals surface area contributed by atoms with Crippen molar-refractivity contribution in [3.8, 4) is 0 Å². The van der Waals surface area contributed by atoms with Crippen molar-refractivity contribution in [2.75, 3.05) is 45.2 Å². The summed E-state index contributed by atoms with van der Waals surface area (Å²) < 4.78 is 2.32. The standard InChI is InChI=1S/C26H36N6/c1-29(2)22-12-15-30(18-22)24-9-3-8-23-28-21(17-32(23)24)16-31-14-5-7-20-11-10-19-6-4-13-27-25(19)26(20)31/h3,6,8-9,17,20,22,26H,4-5,7,10-16,18H2,1-2H3/t20-,22+,26-/m0/s1. The van der Waals surface area contributed by atoms with Gasteiger partial charge >= 0.3 is 0 Å². The van der Waals surface area contributed by atoms with Crippen molar-refractivity contribution in [2.45, 2.75) is 57.2 Å². The zero-order chi connectivity index (χ0) is 21.7. The van der Waals surface area contributed by atoms with Crippen molar-refractivity contribution >= 4 is 17.2 Å². The van der Waals surface area contributed by atoms with E-state index in [0.717, 1.165) is 50.7 Å². The van der Waals surface area contributed by atoms with E-state index < -0.39 is 0 Å². The fourth-order valence-electron chi connectivity index (χ4n) is 6.47. The summed E-state index contributed by atoms with van der Waals surface area (Å²) in [6, 6.07) is 7.69. The number of likely N-dealkylation sites (tertiary alicyclic amines) is 1. The molecule has 5 heterocycles. The molecule has 1 saturated carbocycles. The van der Waals surface area contributed by atoms with Crippen LogP contribution in [0.5, 0.6) is 0 Å². The first kappa shape index (κ1) is 20.4. The van der Waals surface area contributed by atoms with Gasteiger partial charge in [0.25, 0.3) is 0 Å². The van der Waals surface area contributed by atoms with Gasteiger partial charge in [0, 0.05) is 38.4 Å². The summed E-state index contributed by atoms with van der Waals surface area (Å²) in [7, 11) is 4.39. The average Bonchev–Trinajstić information content (AvgIpc) is 3.46. The molecule has 4 aliphatic rings. The van der Waals surface area contributed by atoms with Crippen LogP contribution in [0.3, 0.4) is 0 Å². The van der Waals surface area contributed by atoms with Crippen LogP contribution in [0.15, 0.2) is 41.0 Å². The van der Waals surface area contributed by atoms with Crippen LogP contribution in [0, 0.1) is 5.92 Å². The molecule has 2 aromatic heterocycles. The summed E-state index contributed by atoms with van der Waals surface area (Å²) in [5.74, 6) is 2.04. The van der Waals surface area contributed by atoms with E-state index in [0.29, 0.717) is 12.1 Å². The monoisotopic (exact) mass is 432 g/mol. The molecule has 3 fully saturated rings. The Balaban J connectivity index is 1.27. The van der Waals surface area contributed by atoms with Crippen LogP contribution in [0.25, 0.3) is 5.65 Å². The number of piperidine rings is 1. The van der Waals surface area contributed by atoms with Gasteiger partial charge in [0.2, 0.25) is 0 Å². The second-order valence-corrected chi connectivity index (χ2v) is 10.3. The number of pyridine rings is 1. The number of nitrogens with zero attached hydrogens (tertiary/aromatic N) is 6. The third kappa shape index (κ3) is 3.57. The highest BCUT2D eigenvalue weighted by Gasteiger charge is 2.40. The van der Waals surface area contributed by atoms with Crippen LogP contribution in [0.4, 0.5) is 5.82 Å². The quantitative estimate of drug-likeness (QED) is 0.740. The third-order valence-corrected chi connectivity index (χ3v) is 8.16. The number of hydrogen-bond acceptors (Lipinski definition) is 5. The number of aliphatic imine (C=N–C) groups is 1. The Morgan fingerprint density at radius 2 is 2.06 bits per heavy atom. The van der Waals surface area contributed by atoms with Crippen LogP contribution in [0.2, 0.25) is 0 Å². The molecule has 32 heavy (non-hydrogen) atoms. The molecule has 0 bridgehead atoms. The van der Waals surface area contributed by atoms with Gasteiger partial charge in [0.1, 0.15) is 11.5 Å². The first-order valence-electron chi connectivity index (χ1n) is 12.5. The Morgan fingerprint density at radius 1 is 1.12 bits per heavy atom. The van der Waals surface area contributed by atoms with E-state index in [4.69, 9.17) is 9.98 Å². The molecule has 0 amide bonds. The zero-order valence-corrected chi connectivity index (χ0v) is 19.6. The highest BCUT2D eigenvalue weighted by Crippen LogP contribution is 2.38. The highest BCUT2D eigenvalue weighted by atomic mass is 15.3. The maximum atomic E-state index is 5.06. The minimum atomic E-state index is 0.493. The molecule has 1 aliphatic carbocycles. The van der Waals surface area contributed by atoms with E-state index in [1.165, 1.54) is 54.9 Å². The normalized spacial score (nSPS) is 28.6. The van der Waals surface area contributed by atoms with Gasteiger partial charge in [-0.1, -0.05) is 12.1 Å². The van der Waals surface area contributed by atoms with Gasteiger partial charge in [-0.15, -0.1) is 0 Å². The van der Waals surface area contributed by atoms with E-state index in [9.17, 15) is 0 Å². The molecule has 2 saturated heterocycles. The third-order valence-electron chi connectivity index (χ3n) is 8.16. The van der Waals surface area contributed by atoms with Gasteiger partial charge in [0.15, 0.2) is 0 Å². The van der Waals surface area contributed by atoms with Crippen molar-refractivity contribution in [1.29, 1.82) is 0 Å². The summed E-state index contributed by atoms with van der Waals surface area (Å²) in [5, 5.41) is 0. The Kier molecular flexibility index (Phi) is 5.30. The number of likely N-dealkylation sites (N-methyl/N-ethyl adjacent to an activating group) is 1. The molecule has 3 aliphatic heterocycles. The fourth-order valence-corrected chi connectivity index (χ4v) is 6.47. The minimum absolute atomic E-state index is 0.493. The number of hydrogen-bond donors (Lipinski definition) is 0. The first-order valence-corrected chi connectivity index (χ1v) is 12.5. The molecular weight excluding hydrogens is 396 g/mol. The van der Waals surface area contributed by atoms with Crippen molar-refractivity contribution in [2.24, 2.45) is 10.9 Å². The van der Waals surface area contributed by atoms with Crippen LogP contribution in [0.1, 0.15) is 44.2 Å². The van der Waals surface area contributed by atoms with Gasteiger partial charge in [-0.25, -0.2) is 4.98 Å². The summed E-state index contributed by atoms with van der Waals surface area (Å²) in [6.45, 7) is 5.25. The summed E-state index contributed by atoms with van der Waals surface area (Å²) in [5.41, 5.74) is 5.20. The largest absolute Gasteiger partial charge is 0.356 e. The summed E-state index contributed by atoms with van der Waals surface area (Å²) in [6.07, 6.45) is 12.3. The summed E-state index contributed by atoms with van der Waals surface area (Å²) in [4.78, 5) is 17.7. The lowest BCUT2D eigenvalue weighted by atomic mass is 9.74. The molecule has 6 rings (SSSR count). The van der Waals surface area contributed by atoms with Crippen LogP contribution in [-0.4, -0.2) is 77.3 Å². The van der Waals surface area contributed by atoms with E-state index >= 15 is 0 Å². The Hall–Kier alpha value is -2.18. The van der Waals surface area contributed by atoms with E-state index in [-0.39, 0.29) is 0 Å². The van der Waals surface area contributed by atoms with Crippen molar-refractivity contribution in [1.82, 2.24) is 19.2 Å². The molecule has 170 valence electrons. The predicted molar refractivity (Wildman–Crippen MR) is 131 cm³/mol. The SMILES string of the molecule is CN(C)[C@@H]1CCN(c2cccc3nc(CN4CCC[C@H]5CCC6=CCCN=C6[C@H]54)cn23)C1. The van der Waals surface area contributed by atoms with Gasteiger partial charge in [-0.2, -0.15) is 0 Å². The number of anilines is 1. The number of aromatic nitrogens is 2. The number of imidazole rings is 1. The number of fused-ring (bicyclic) bond motifs is 4. The molecule has 0 aromatic carbocycles. The Bertz CT molecular complexity index is 1050. The molecule has 6 nitrogen and oxygen atoms in total. The van der Waals surface area contributed by atoms with E-state index in [1.807, 2.05) is 0 Å². The van der Waals surface area contributed by atoms with Crippen molar-refractivity contribution in [3.05, 3.63) is 41.7 Å². The maximum Gasteiger partial charge on any atom is 0.138 e. The molecule has 0 N–H and O–H groups in total. The lowest BCUT2D eigenvalue weighted by Crippen LogP contribution is -2.52. The van der Waals surface area contributed by atoms with Crippen molar-refractivity contribution in [3.63, 3.8) is 0 Å². The average molecular weight is 433 g/mol. The maximum absolute atomic E-state index is 5.06. The topological polar surface area (TPSA) is 39.4 Å². The van der Waals surface area contributed by atoms with Gasteiger partial charge < -0.3 is 9.80 Å². The second kappa shape index (κ2) is 8.31. The zero-order valence-electron chi connectivity index (χ0n) is 19.6. The number of rotatable bonds is 4. The van der Waals surface area contributed by atoms with Gasteiger partial charge in [-0.3, -0.25) is 14.3 Å². The van der Waals surface area contributed by atoms with E-state index in [2.05, 4.69) is 63.7 Å². The molecule has 2 aromatic rings. The minimum Gasteiger partial charge on any atom is -0.356 e. The van der Waals surface area contributed by atoms with Crippen molar-refractivity contribution < 1.29 is 0 Å². The second-order valence-electron chi connectivity index (χ2n) is 10.3. The fraction of sp³-hybridized carbons (Fsp3) is 0.615. The van der Waals surface area contributed by atoms with E-state index in [1.54, 1.807) is 0 Å². The molecule has 6 heteroatoms. The lowest BCUT2D eigenvalue weighted by molar-refractivity contribution is 0.117. The van der Waals surface area contributed by atoms with Gasteiger partial charge in [-0.05, 0) is 82.8 Å². The van der Waals surface area contributed by atoms with Gasteiger partial charge in [0.05, 0.1) is 17.4 Å². The first-order chi connectivity index (χ1) is 15.7. The molecular formula is C26H36N6.